The number of hydrogen-bond acceptors (Lipinski definition) is 8. The van der Waals surface area contributed by atoms with Crippen LogP contribution in [0.5, 0.6) is 0 Å². The van der Waals surface area contributed by atoms with Crippen molar-refractivity contribution in [3.8, 4) is 41.8 Å². The minimum absolute atomic E-state index is 0.0496. The number of hydrogen-bond donors (Lipinski definition) is 0. The molecule has 0 atom stereocenters. The Morgan fingerprint density at radius 1 is 0.712 bits per heavy atom. The molecule has 14 nitrogen and oxygen atoms in total. The molecule has 0 fully saturated rings. The summed E-state index contributed by atoms with van der Waals surface area (Å²) in [5.41, 5.74) is 11.9. The van der Waals surface area contributed by atoms with Gasteiger partial charge in [0.05, 0.1) is 30.0 Å². The molecule has 2 aliphatic rings. The molecule has 2 aromatic carbocycles. The highest BCUT2D eigenvalue weighted by Gasteiger charge is 2.43. The number of aromatic nitrogens is 3. The summed E-state index contributed by atoms with van der Waals surface area (Å²) in [7, 11) is 0. The summed E-state index contributed by atoms with van der Waals surface area (Å²) in [5.74, 6) is 2.40. The maximum absolute atomic E-state index is 9.75. The van der Waals surface area contributed by atoms with E-state index in [1.807, 2.05) is 67.2 Å². The number of ether oxygens (including phenoxy) is 2. The van der Waals surface area contributed by atoms with Gasteiger partial charge in [0.1, 0.15) is 42.2 Å². The summed E-state index contributed by atoms with van der Waals surface area (Å²) in [6, 6.07) is 20.9. The fourth-order valence-electron chi connectivity index (χ4n) is 7.46. The van der Waals surface area contributed by atoms with Gasteiger partial charge in [0.25, 0.3) is 0 Å². The number of terminal acetylenes is 1. The van der Waals surface area contributed by atoms with E-state index in [9.17, 15) is 15.8 Å². The van der Waals surface area contributed by atoms with Gasteiger partial charge in [-0.05, 0) is 69.3 Å². The molecule has 0 amide bonds. The van der Waals surface area contributed by atoms with Crippen molar-refractivity contribution in [1.82, 2.24) is 15.0 Å². The second-order valence-corrected chi connectivity index (χ2v) is 16.4. The van der Waals surface area contributed by atoms with Crippen molar-refractivity contribution in [1.29, 1.82) is 15.8 Å². The number of aryl methyl sites for hydroxylation is 1. The zero-order valence-corrected chi connectivity index (χ0v) is 38.9. The maximum Gasteiger partial charge on any atom is 0.563 e. The molecule has 0 unspecified atom stereocenters. The van der Waals surface area contributed by atoms with Crippen LogP contribution in [0, 0.1) is 66.1 Å². The van der Waals surface area contributed by atoms with Crippen LogP contribution >= 0.6 is 0 Å². The molecule has 3 heterocycles. The average molecular weight is 881 g/mol. The molecule has 0 N–H and O–H groups in total. The molecule has 5 rings (SSSR count). The number of azide groups is 1. The van der Waals surface area contributed by atoms with Crippen molar-refractivity contribution in [2.24, 2.45) is 5.11 Å². The van der Waals surface area contributed by atoms with Gasteiger partial charge in [0, 0.05) is 40.3 Å². The first kappa shape index (κ1) is 52.3. The summed E-state index contributed by atoms with van der Waals surface area (Å²) in [6.07, 6.45) is 22.2. The third kappa shape index (κ3) is 14.2. The van der Waals surface area contributed by atoms with Gasteiger partial charge in [-0.2, -0.15) is 20.2 Å². The van der Waals surface area contributed by atoms with Gasteiger partial charge in [-0.1, -0.05) is 131 Å². The Bertz CT molecular complexity index is 2610. The number of rotatable bonds is 17. The van der Waals surface area contributed by atoms with E-state index in [0.29, 0.717) is 17.7 Å². The zero-order valence-electron chi connectivity index (χ0n) is 38.9. The van der Waals surface area contributed by atoms with Crippen LogP contribution in [0.2, 0.25) is 0 Å². The molecular formula is C52H56N12O2. The lowest BCUT2D eigenvalue weighted by Gasteiger charge is -2.23. The van der Waals surface area contributed by atoms with Crippen LogP contribution < -0.4 is 0 Å². The van der Waals surface area contributed by atoms with Gasteiger partial charge in [0.2, 0.25) is 5.76 Å². The predicted octanol–water partition coefficient (Wildman–Crippen LogP) is 13.5. The summed E-state index contributed by atoms with van der Waals surface area (Å²) in [6.45, 7) is 34.5. The van der Waals surface area contributed by atoms with E-state index >= 15 is 0 Å². The molecule has 0 bridgehead atoms. The summed E-state index contributed by atoms with van der Waals surface area (Å²) >= 11 is 0. The first-order valence-electron chi connectivity index (χ1n) is 22.1. The van der Waals surface area contributed by atoms with Gasteiger partial charge in [-0.3, -0.25) is 4.68 Å². The number of nitrogens with zero attached hydrogens (tertiary/aromatic N) is 12. The van der Waals surface area contributed by atoms with Crippen molar-refractivity contribution < 1.29 is 9.47 Å². The molecule has 0 radical (unpaired) electrons. The zero-order chi connectivity index (χ0) is 48.5. The fourth-order valence-corrected chi connectivity index (χ4v) is 7.46. The third-order valence-electron chi connectivity index (χ3n) is 10.7. The molecule has 336 valence electrons. The van der Waals surface area contributed by atoms with Crippen LogP contribution in [0.3, 0.4) is 0 Å². The van der Waals surface area contributed by atoms with Crippen molar-refractivity contribution in [3.63, 3.8) is 0 Å². The Balaban J connectivity index is 0.000000300. The van der Waals surface area contributed by atoms with Gasteiger partial charge >= 0.3 is 11.5 Å². The molecule has 66 heavy (non-hydrogen) atoms. The van der Waals surface area contributed by atoms with Gasteiger partial charge in [-0.15, -0.1) is 11.5 Å². The second-order valence-electron chi connectivity index (χ2n) is 16.4. The Kier molecular flexibility index (Phi) is 21.0. The van der Waals surface area contributed by atoms with Crippen molar-refractivity contribution in [2.45, 2.75) is 136 Å². The monoisotopic (exact) mass is 880 g/mol. The molecule has 0 aliphatic carbocycles. The molecule has 0 saturated heterocycles. The van der Waals surface area contributed by atoms with Crippen LogP contribution in [-0.2, 0) is 16.0 Å². The number of nitriles is 3. The Morgan fingerprint density at radius 2 is 1.20 bits per heavy atom. The van der Waals surface area contributed by atoms with Gasteiger partial charge in [0.15, 0.2) is 5.76 Å². The first-order chi connectivity index (χ1) is 31.8. The van der Waals surface area contributed by atoms with Gasteiger partial charge < -0.3 is 9.47 Å². The van der Waals surface area contributed by atoms with Crippen LogP contribution in [-0.4, -0.2) is 32.7 Å². The lowest BCUT2D eigenvalue weighted by Crippen LogP contribution is -2.20. The lowest BCUT2D eigenvalue weighted by atomic mass is 9.88. The molecule has 0 spiro atoms. The summed E-state index contributed by atoms with van der Waals surface area (Å²) in [5, 5.41) is 40.5. The van der Waals surface area contributed by atoms with Crippen LogP contribution in [0.15, 0.2) is 94.0 Å². The second kappa shape index (κ2) is 26.5. The van der Waals surface area contributed by atoms with Gasteiger partial charge in [-0.25, -0.2) is 10.1 Å². The highest BCUT2D eigenvalue weighted by atomic mass is 16.5. The summed E-state index contributed by atoms with van der Waals surface area (Å²) < 4.78 is 13.5. The SMILES string of the molecule is CCCCCCCCN=[N+]=[N-].[C-]#[N+]/C(C#N)=C1\OC(C)(C)C(c2ccc(-c3cn(CCCCCCCC)nn3)cc2)=C1C#N.[C-]#[N+]C([N+]#[C-])=C1OC(C)(C)C(c2ccc(C#C)cc2)=C1C#N. The van der Waals surface area contributed by atoms with Crippen molar-refractivity contribution in [2.75, 3.05) is 6.54 Å². The average Bonchev–Trinajstić information content (AvgIpc) is 3.99. The largest absolute Gasteiger partial charge is 0.563 e. The predicted molar refractivity (Wildman–Crippen MR) is 255 cm³/mol. The van der Waals surface area contributed by atoms with E-state index in [2.05, 4.69) is 66.8 Å². The number of benzene rings is 2. The highest BCUT2D eigenvalue weighted by Crippen LogP contribution is 2.46. The van der Waals surface area contributed by atoms with Crippen LogP contribution in [0.25, 0.3) is 47.4 Å². The Labute approximate surface area is 390 Å². The van der Waals surface area contributed by atoms with E-state index in [4.69, 9.17) is 41.1 Å². The minimum atomic E-state index is -0.838. The first-order valence-corrected chi connectivity index (χ1v) is 22.1. The molecule has 1 aromatic heterocycles. The lowest BCUT2D eigenvalue weighted by molar-refractivity contribution is 0.108. The van der Waals surface area contributed by atoms with Crippen LogP contribution in [0.4, 0.5) is 0 Å². The van der Waals surface area contributed by atoms with E-state index in [1.165, 1.54) is 64.2 Å². The Morgan fingerprint density at radius 3 is 1.68 bits per heavy atom. The van der Waals surface area contributed by atoms with E-state index < -0.39 is 11.2 Å². The maximum atomic E-state index is 9.75. The quantitative estimate of drug-likeness (QED) is 0.0246. The fraction of sp³-hybridized carbons (Fsp3) is 0.423. The third-order valence-corrected chi connectivity index (χ3v) is 10.7. The number of unbranched alkanes of at least 4 members (excludes halogenated alkanes) is 10. The summed E-state index contributed by atoms with van der Waals surface area (Å²) in [4.78, 5) is 12.2. The molecular weight excluding hydrogens is 825 g/mol. The van der Waals surface area contributed by atoms with Crippen molar-refractivity contribution in [3.05, 3.63) is 150 Å². The van der Waals surface area contributed by atoms with Crippen LogP contribution in [0.1, 0.15) is 135 Å². The normalized spacial score (nSPS) is 14.6. The van der Waals surface area contributed by atoms with E-state index in [0.717, 1.165) is 47.3 Å². The topological polar surface area (TPSA) is 182 Å². The molecule has 14 heteroatoms. The molecule has 0 saturated carbocycles. The molecule has 3 aromatic rings. The van der Waals surface area contributed by atoms with E-state index in [-0.39, 0.29) is 34.2 Å². The highest BCUT2D eigenvalue weighted by molar-refractivity contribution is 5.85. The smallest absolute Gasteiger partial charge is 0.492 e. The number of allylic oxidation sites excluding steroid dienone is 3. The standard InChI is InChI=1S/C26H28N6O.C18H11N3O.C8H17N3/c1-5-6-7-8-9-10-15-32-18-23(30-31-32)19-11-13-20(14-12-19)24-21(16-27)25(22(17-28)29-4)33-26(24,2)3;1-6-12-7-9-13(10-8-12)15-14(11-19)16(17(20-4)21-5)22-18(15,2)3;1-2-3-4-5-6-7-8-10-11-9/h11-14,18H,5-10,15H2,1-3H3;1,7-10H,2-3H3;2-8H2,1H3/b25-22-;;. The minimum Gasteiger partial charge on any atom is -0.492 e. The van der Waals surface area contributed by atoms with E-state index in [1.54, 1.807) is 26.0 Å². The van der Waals surface area contributed by atoms with Crippen molar-refractivity contribution >= 4 is 11.1 Å². The molecule has 2 aliphatic heterocycles. The Hall–Kier alpha value is -8.05.